The monoisotopic (exact) mass is 281 g/mol. The molecule has 0 unspecified atom stereocenters. The maximum atomic E-state index is 10.9. The van der Waals surface area contributed by atoms with E-state index in [9.17, 15) is 4.79 Å². The second kappa shape index (κ2) is 6.10. The summed E-state index contributed by atoms with van der Waals surface area (Å²) < 4.78 is 0. The fourth-order valence-electron chi connectivity index (χ4n) is 2.88. The molecule has 0 fully saturated rings. The van der Waals surface area contributed by atoms with Crippen molar-refractivity contribution in [1.29, 1.82) is 0 Å². The molecular formula is C18H19NO2. The van der Waals surface area contributed by atoms with Crippen molar-refractivity contribution in [1.82, 2.24) is 4.90 Å². The summed E-state index contributed by atoms with van der Waals surface area (Å²) in [5.74, 6) is -0.869. The molecule has 0 aliphatic carbocycles. The summed E-state index contributed by atoms with van der Waals surface area (Å²) in [6.45, 7) is 2.99. The standard InChI is InChI=1S/C18H19NO2/c20-18(21)17-7-5-14(6-8-17)13-19-11-9-15-3-1-2-4-16(15)10-12-19/h1-8H,9-13H2,(H,20,21). The Kier molecular flexibility index (Phi) is 4.02. The first-order valence-electron chi connectivity index (χ1n) is 7.34. The summed E-state index contributed by atoms with van der Waals surface area (Å²) in [6.07, 6.45) is 2.17. The molecule has 1 heterocycles. The van der Waals surface area contributed by atoms with Gasteiger partial charge in [-0.3, -0.25) is 4.90 Å². The van der Waals surface area contributed by atoms with Crippen LogP contribution in [-0.2, 0) is 19.4 Å². The van der Waals surface area contributed by atoms with Crippen LogP contribution in [0.2, 0.25) is 0 Å². The highest BCUT2D eigenvalue weighted by Gasteiger charge is 2.13. The number of hydrogen-bond acceptors (Lipinski definition) is 2. The SMILES string of the molecule is O=C(O)c1ccc(CN2CCc3ccccc3CC2)cc1. The van der Waals surface area contributed by atoms with Gasteiger partial charge in [0.25, 0.3) is 0 Å². The van der Waals surface area contributed by atoms with Crippen LogP contribution < -0.4 is 0 Å². The van der Waals surface area contributed by atoms with Crippen LogP contribution in [0, 0.1) is 0 Å². The largest absolute Gasteiger partial charge is 0.478 e. The summed E-state index contributed by atoms with van der Waals surface area (Å²) in [7, 11) is 0. The quantitative estimate of drug-likeness (QED) is 0.940. The summed E-state index contributed by atoms with van der Waals surface area (Å²) in [5.41, 5.74) is 4.44. The van der Waals surface area contributed by atoms with E-state index in [1.165, 1.54) is 16.7 Å². The number of benzene rings is 2. The second-order valence-corrected chi connectivity index (χ2v) is 5.55. The zero-order chi connectivity index (χ0) is 14.7. The van der Waals surface area contributed by atoms with E-state index in [1.807, 2.05) is 12.1 Å². The number of hydrogen-bond donors (Lipinski definition) is 1. The Labute approximate surface area is 124 Å². The first-order chi connectivity index (χ1) is 10.2. The lowest BCUT2D eigenvalue weighted by Gasteiger charge is -2.19. The van der Waals surface area contributed by atoms with Crippen molar-refractivity contribution in [2.45, 2.75) is 19.4 Å². The van der Waals surface area contributed by atoms with Gasteiger partial charge in [0.2, 0.25) is 0 Å². The highest BCUT2D eigenvalue weighted by Crippen LogP contribution is 2.17. The van der Waals surface area contributed by atoms with Crippen LogP contribution in [0.5, 0.6) is 0 Å². The molecule has 0 atom stereocenters. The van der Waals surface area contributed by atoms with Gasteiger partial charge in [0.05, 0.1) is 5.56 Å². The maximum Gasteiger partial charge on any atom is 0.335 e. The van der Waals surface area contributed by atoms with Crippen LogP contribution >= 0.6 is 0 Å². The highest BCUT2D eigenvalue weighted by atomic mass is 16.4. The van der Waals surface area contributed by atoms with Crippen LogP contribution in [0.3, 0.4) is 0 Å². The molecular weight excluding hydrogens is 262 g/mol. The van der Waals surface area contributed by atoms with Crippen molar-refractivity contribution in [3.8, 4) is 0 Å². The molecule has 0 aromatic heterocycles. The highest BCUT2D eigenvalue weighted by molar-refractivity contribution is 5.87. The van der Waals surface area contributed by atoms with Gasteiger partial charge in [-0.05, 0) is 41.7 Å². The molecule has 3 nitrogen and oxygen atoms in total. The first kappa shape index (κ1) is 13.8. The maximum absolute atomic E-state index is 10.9. The Balaban J connectivity index is 1.65. The molecule has 108 valence electrons. The number of aromatic carboxylic acids is 1. The average Bonchev–Trinajstić information content (AvgIpc) is 2.71. The number of fused-ring (bicyclic) bond motifs is 1. The van der Waals surface area contributed by atoms with E-state index in [1.54, 1.807) is 12.1 Å². The molecule has 2 aromatic carbocycles. The van der Waals surface area contributed by atoms with Gasteiger partial charge in [0.1, 0.15) is 0 Å². The van der Waals surface area contributed by atoms with Gasteiger partial charge < -0.3 is 5.11 Å². The molecule has 21 heavy (non-hydrogen) atoms. The Morgan fingerprint density at radius 3 is 2.05 bits per heavy atom. The van der Waals surface area contributed by atoms with Crippen molar-refractivity contribution >= 4 is 5.97 Å². The third-order valence-corrected chi connectivity index (χ3v) is 4.12. The van der Waals surface area contributed by atoms with Crippen molar-refractivity contribution in [3.05, 3.63) is 70.8 Å². The predicted octanol–water partition coefficient (Wildman–Crippen LogP) is 2.99. The fourth-order valence-corrected chi connectivity index (χ4v) is 2.88. The zero-order valence-corrected chi connectivity index (χ0v) is 12.0. The molecule has 3 heteroatoms. The van der Waals surface area contributed by atoms with E-state index >= 15 is 0 Å². The lowest BCUT2D eigenvalue weighted by atomic mass is 10.0. The van der Waals surface area contributed by atoms with E-state index in [4.69, 9.17) is 5.11 Å². The molecule has 1 N–H and O–H groups in total. The second-order valence-electron chi connectivity index (χ2n) is 5.55. The summed E-state index contributed by atoms with van der Waals surface area (Å²) in [6, 6.07) is 15.9. The number of rotatable bonds is 3. The molecule has 1 aliphatic rings. The predicted molar refractivity (Wildman–Crippen MR) is 82.5 cm³/mol. The average molecular weight is 281 g/mol. The third-order valence-electron chi connectivity index (χ3n) is 4.12. The Bertz CT molecular complexity index is 607. The lowest BCUT2D eigenvalue weighted by Crippen LogP contribution is -2.25. The number of carbonyl (C=O) groups is 1. The molecule has 0 amide bonds. The molecule has 0 radical (unpaired) electrons. The van der Waals surface area contributed by atoms with E-state index in [2.05, 4.69) is 29.2 Å². The smallest absolute Gasteiger partial charge is 0.335 e. The van der Waals surface area contributed by atoms with Gasteiger partial charge in [0, 0.05) is 19.6 Å². The van der Waals surface area contributed by atoms with Crippen LogP contribution in [0.15, 0.2) is 48.5 Å². The zero-order valence-electron chi connectivity index (χ0n) is 12.0. The fraction of sp³-hybridized carbons (Fsp3) is 0.278. The first-order valence-corrected chi connectivity index (χ1v) is 7.34. The molecule has 1 aliphatic heterocycles. The van der Waals surface area contributed by atoms with Crippen LogP contribution in [0.1, 0.15) is 27.0 Å². The minimum Gasteiger partial charge on any atom is -0.478 e. The van der Waals surface area contributed by atoms with E-state index in [0.717, 1.165) is 32.5 Å². The molecule has 0 bridgehead atoms. The Morgan fingerprint density at radius 1 is 0.952 bits per heavy atom. The van der Waals surface area contributed by atoms with E-state index in [0.29, 0.717) is 5.56 Å². The van der Waals surface area contributed by atoms with Crippen LogP contribution in [0.25, 0.3) is 0 Å². The van der Waals surface area contributed by atoms with Crippen molar-refractivity contribution in [2.75, 3.05) is 13.1 Å². The van der Waals surface area contributed by atoms with E-state index < -0.39 is 5.97 Å². The minimum atomic E-state index is -0.869. The van der Waals surface area contributed by atoms with Crippen LogP contribution in [0.4, 0.5) is 0 Å². The molecule has 2 aromatic rings. The topological polar surface area (TPSA) is 40.5 Å². The number of carboxylic acids is 1. The summed E-state index contributed by atoms with van der Waals surface area (Å²) in [4.78, 5) is 13.3. The third kappa shape index (κ3) is 3.31. The van der Waals surface area contributed by atoms with Crippen molar-refractivity contribution in [2.24, 2.45) is 0 Å². The summed E-state index contributed by atoms with van der Waals surface area (Å²) in [5, 5.41) is 8.92. The minimum absolute atomic E-state index is 0.349. The number of carboxylic acid groups (broad SMARTS) is 1. The lowest BCUT2D eigenvalue weighted by molar-refractivity contribution is 0.0697. The van der Waals surface area contributed by atoms with Crippen molar-refractivity contribution in [3.63, 3.8) is 0 Å². The van der Waals surface area contributed by atoms with Crippen molar-refractivity contribution < 1.29 is 9.90 Å². The van der Waals surface area contributed by atoms with Gasteiger partial charge >= 0.3 is 5.97 Å². The number of nitrogens with zero attached hydrogens (tertiary/aromatic N) is 1. The van der Waals surface area contributed by atoms with Gasteiger partial charge in [-0.25, -0.2) is 4.79 Å². The van der Waals surface area contributed by atoms with Gasteiger partial charge in [-0.2, -0.15) is 0 Å². The molecule has 0 saturated heterocycles. The molecule has 0 spiro atoms. The molecule has 0 saturated carbocycles. The van der Waals surface area contributed by atoms with E-state index in [-0.39, 0.29) is 0 Å². The Morgan fingerprint density at radius 2 is 1.52 bits per heavy atom. The Hall–Kier alpha value is -2.13. The molecule has 3 rings (SSSR count). The summed E-state index contributed by atoms with van der Waals surface area (Å²) >= 11 is 0. The van der Waals surface area contributed by atoms with Crippen LogP contribution in [-0.4, -0.2) is 29.1 Å². The van der Waals surface area contributed by atoms with Gasteiger partial charge in [-0.15, -0.1) is 0 Å². The van der Waals surface area contributed by atoms with Gasteiger partial charge in [0.15, 0.2) is 0 Å². The normalized spacial score (nSPS) is 15.2. The van der Waals surface area contributed by atoms with Gasteiger partial charge in [-0.1, -0.05) is 36.4 Å².